The number of nitrogens with one attached hydrogen (secondary N) is 2. The van der Waals surface area contributed by atoms with Gasteiger partial charge in [-0.25, -0.2) is 14.8 Å². The van der Waals surface area contributed by atoms with Crippen molar-refractivity contribution in [1.29, 1.82) is 0 Å². The van der Waals surface area contributed by atoms with Crippen molar-refractivity contribution in [2.45, 2.75) is 13.5 Å². The zero-order valence-electron chi connectivity index (χ0n) is 15.8. The maximum atomic E-state index is 11.8. The van der Waals surface area contributed by atoms with E-state index in [0.29, 0.717) is 23.7 Å². The maximum absolute atomic E-state index is 11.8. The molecule has 146 valence electrons. The highest BCUT2D eigenvalue weighted by molar-refractivity contribution is 6.30. The summed E-state index contributed by atoms with van der Waals surface area (Å²) < 4.78 is 5.03. The Morgan fingerprint density at radius 2 is 1.97 bits per heavy atom. The lowest BCUT2D eigenvalue weighted by molar-refractivity contribution is 0.0526. The van der Waals surface area contributed by atoms with E-state index < -0.39 is 0 Å². The molecule has 4 aromatic rings. The second kappa shape index (κ2) is 8.32. The van der Waals surface area contributed by atoms with E-state index in [0.717, 1.165) is 33.7 Å². The summed E-state index contributed by atoms with van der Waals surface area (Å²) in [5.41, 5.74) is 4.15. The van der Waals surface area contributed by atoms with Crippen LogP contribution in [0.5, 0.6) is 0 Å². The molecule has 0 aliphatic carbocycles. The summed E-state index contributed by atoms with van der Waals surface area (Å²) >= 11 is 6.05. The number of aromatic amines is 1. The quantitative estimate of drug-likeness (QED) is 0.437. The highest BCUT2D eigenvalue weighted by Crippen LogP contribution is 2.27. The molecule has 0 saturated carbocycles. The average molecular weight is 407 g/mol. The third kappa shape index (κ3) is 4.22. The van der Waals surface area contributed by atoms with E-state index in [9.17, 15) is 4.79 Å². The van der Waals surface area contributed by atoms with E-state index in [1.807, 2.05) is 42.5 Å². The average Bonchev–Trinajstić information content (AvgIpc) is 3.17. The first-order valence-electron chi connectivity index (χ1n) is 9.23. The molecule has 7 heteroatoms. The lowest BCUT2D eigenvalue weighted by Gasteiger charge is -2.06. The number of benzene rings is 2. The van der Waals surface area contributed by atoms with Gasteiger partial charge in [0.05, 0.1) is 17.6 Å². The molecule has 29 heavy (non-hydrogen) atoms. The molecule has 0 spiro atoms. The molecule has 6 nitrogen and oxygen atoms in total. The number of anilines is 1. The van der Waals surface area contributed by atoms with Gasteiger partial charge in [0.25, 0.3) is 0 Å². The van der Waals surface area contributed by atoms with Crippen LogP contribution in [0.3, 0.4) is 0 Å². The highest BCUT2D eigenvalue weighted by Gasteiger charge is 2.11. The lowest BCUT2D eigenvalue weighted by Crippen LogP contribution is -2.03. The van der Waals surface area contributed by atoms with Crippen LogP contribution in [0.15, 0.2) is 60.9 Å². The van der Waals surface area contributed by atoms with Gasteiger partial charge in [-0.3, -0.25) is 0 Å². The van der Waals surface area contributed by atoms with Gasteiger partial charge in [-0.05, 0) is 48.4 Å². The number of halogens is 1. The summed E-state index contributed by atoms with van der Waals surface area (Å²) in [7, 11) is 0. The van der Waals surface area contributed by atoms with Crippen molar-refractivity contribution in [3.8, 4) is 11.3 Å². The number of hydrogen-bond acceptors (Lipinski definition) is 5. The van der Waals surface area contributed by atoms with Crippen LogP contribution in [0.25, 0.3) is 22.3 Å². The van der Waals surface area contributed by atoms with Gasteiger partial charge >= 0.3 is 5.97 Å². The van der Waals surface area contributed by atoms with Gasteiger partial charge in [0.1, 0.15) is 17.8 Å². The number of fused-ring (bicyclic) bond motifs is 1. The maximum Gasteiger partial charge on any atom is 0.338 e. The third-order valence-electron chi connectivity index (χ3n) is 4.48. The number of ether oxygens (including phenoxy) is 1. The molecule has 2 N–H and O–H groups in total. The molecular weight excluding hydrogens is 388 g/mol. The Bertz CT molecular complexity index is 1160. The van der Waals surface area contributed by atoms with Crippen molar-refractivity contribution in [3.63, 3.8) is 0 Å². The first-order chi connectivity index (χ1) is 14.1. The zero-order valence-corrected chi connectivity index (χ0v) is 16.5. The van der Waals surface area contributed by atoms with Crippen molar-refractivity contribution >= 4 is 34.4 Å². The Morgan fingerprint density at radius 1 is 1.14 bits per heavy atom. The molecule has 2 aromatic heterocycles. The molecule has 0 aliphatic heterocycles. The van der Waals surface area contributed by atoms with Crippen molar-refractivity contribution in [3.05, 3.63) is 77.1 Å². The van der Waals surface area contributed by atoms with Gasteiger partial charge in [0, 0.05) is 17.3 Å². The number of H-pyrrole nitrogens is 1. The molecule has 4 rings (SSSR count). The number of carbonyl (C=O) groups excluding carboxylic acids is 1. The molecule has 2 aromatic carbocycles. The molecular formula is C22H19ClN4O2. The Balaban J connectivity index is 1.58. The molecule has 0 radical (unpaired) electrons. The number of nitrogens with zero attached hydrogens (tertiary/aromatic N) is 2. The molecule has 0 amide bonds. The molecule has 2 heterocycles. The SMILES string of the molecule is CCOC(=O)c1ccc(-c2cc3c(NCc4cccc(Cl)c4)ncnc3[nH]2)cc1. The lowest BCUT2D eigenvalue weighted by atomic mass is 10.1. The fourth-order valence-electron chi connectivity index (χ4n) is 3.07. The minimum absolute atomic E-state index is 0.325. The topological polar surface area (TPSA) is 79.9 Å². The Hall–Kier alpha value is -3.38. The van der Waals surface area contributed by atoms with Crippen molar-refractivity contribution in [1.82, 2.24) is 15.0 Å². The van der Waals surface area contributed by atoms with Gasteiger partial charge in [-0.1, -0.05) is 35.9 Å². The monoisotopic (exact) mass is 406 g/mol. The highest BCUT2D eigenvalue weighted by atomic mass is 35.5. The Kier molecular flexibility index (Phi) is 5.44. The Morgan fingerprint density at radius 3 is 2.72 bits per heavy atom. The van der Waals surface area contributed by atoms with Crippen LogP contribution in [0, 0.1) is 0 Å². The van der Waals surface area contributed by atoms with Crippen molar-refractivity contribution in [2.24, 2.45) is 0 Å². The van der Waals surface area contributed by atoms with Gasteiger partial charge < -0.3 is 15.0 Å². The van der Waals surface area contributed by atoms with E-state index >= 15 is 0 Å². The minimum Gasteiger partial charge on any atom is -0.462 e. The van der Waals surface area contributed by atoms with Gasteiger partial charge in [0.2, 0.25) is 0 Å². The largest absolute Gasteiger partial charge is 0.462 e. The van der Waals surface area contributed by atoms with Crippen molar-refractivity contribution < 1.29 is 9.53 Å². The molecule has 0 fully saturated rings. The van der Waals surface area contributed by atoms with Crippen LogP contribution in [-0.2, 0) is 11.3 Å². The van der Waals surface area contributed by atoms with E-state index in [4.69, 9.17) is 16.3 Å². The van der Waals surface area contributed by atoms with E-state index in [-0.39, 0.29) is 5.97 Å². The van der Waals surface area contributed by atoms with Gasteiger partial charge in [0.15, 0.2) is 0 Å². The van der Waals surface area contributed by atoms with Crippen LogP contribution in [0.2, 0.25) is 5.02 Å². The Labute approximate surface area is 172 Å². The first-order valence-corrected chi connectivity index (χ1v) is 9.61. The summed E-state index contributed by atoms with van der Waals surface area (Å²) in [6, 6.07) is 16.9. The molecule has 0 saturated heterocycles. The van der Waals surface area contributed by atoms with Crippen LogP contribution >= 0.6 is 11.6 Å². The summed E-state index contributed by atoms with van der Waals surface area (Å²) in [6.07, 6.45) is 1.52. The summed E-state index contributed by atoms with van der Waals surface area (Å²) in [4.78, 5) is 23.8. The van der Waals surface area contributed by atoms with Gasteiger partial charge in [-0.2, -0.15) is 0 Å². The van der Waals surface area contributed by atoms with Crippen molar-refractivity contribution in [2.75, 3.05) is 11.9 Å². The van der Waals surface area contributed by atoms with E-state index in [1.165, 1.54) is 6.33 Å². The number of esters is 1. The van der Waals surface area contributed by atoms with Crippen LogP contribution in [0.4, 0.5) is 5.82 Å². The van der Waals surface area contributed by atoms with Crippen LogP contribution < -0.4 is 5.32 Å². The number of aromatic nitrogens is 3. The fraction of sp³-hybridized carbons (Fsp3) is 0.136. The second-order valence-corrected chi connectivity index (χ2v) is 6.89. The molecule has 0 aliphatic rings. The smallest absolute Gasteiger partial charge is 0.338 e. The number of hydrogen-bond donors (Lipinski definition) is 2. The first kappa shape index (κ1) is 19.0. The zero-order chi connectivity index (χ0) is 20.2. The molecule has 0 bridgehead atoms. The number of carbonyl (C=O) groups is 1. The number of rotatable bonds is 6. The third-order valence-corrected chi connectivity index (χ3v) is 4.72. The minimum atomic E-state index is -0.325. The molecule has 0 unspecified atom stereocenters. The van der Waals surface area contributed by atoms with Crippen LogP contribution in [0.1, 0.15) is 22.8 Å². The summed E-state index contributed by atoms with van der Waals surface area (Å²) in [6.45, 7) is 2.74. The van der Waals surface area contributed by atoms with Crippen LogP contribution in [-0.4, -0.2) is 27.5 Å². The standard InChI is InChI=1S/C22H19ClN4O2/c1-2-29-22(28)16-8-6-15(7-9-16)19-11-18-20(25-13-26-21(18)27-19)24-12-14-4-3-5-17(23)10-14/h3-11,13H,2,12H2,1H3,(H2,24,25,26,27). The predicted molar refractivity (Wildman–Crippen MR) is 114 cm³/mol. The second-order valence-electron chi connectivity index (χ2n) is 6.45. The van der Waals surface area contributed by atoms with E-state index in [2.05, 4.69) is 20.3 Å². The predicted octanol–water partition coefficient (Wildman–Crippen LogP) is 5.07. The fourth-order valence-corrected chi connectivity index (χ4v) is 3.28. The summed E-state index contributed by atoms with van der Waals surface area (Å²) in [5.74, 6) is 0.412. The van der Waals surface area contributed by atoms with E-state index in [1.54, 1.807) is 19.1 Å². The van der Waals surface area contributed by atoms with Gasteiger partial charge in [-0.15, -0.1) is 0 Å². The molecule has 0 atom stereocenters. The summed E-state index contributed by atoms with van der Waals surface area (Å²) in [5, 5.41) is 4.93. The normalized spacial score (nSPS) is 10.8.